The Morgan fingerprint density at radius 3 is 1.61 bits per heavy atom. The van der Waals surface area contributed by atoms with Gasteiger partial charge in [-0.25, -0.2) is 22.7 Å². The summed E-state index contributed by atoms with van der Waals surface area (Å²) in [5.74, 6) is 0. The maximum absolute atomic E-state index is 4.67. The molecule has 6 heterocycles. The number of fused-ring (bicyclic) bond motifs is 7. The average Bonchev–Trinajstić information content (AvgIpc) is 4.21. The maximum atomic E-state index is 4.67. The van der Waals surface area contributed by atoms with E-state index in [9.17, 15) is 0 Å². The summed E-state index contributed by atoms with van der Waals surface area (Å²) in [5.41, 5.74) is 11.5. The molecule has 13 aromatic rings. The SMILES string of the molecule is CC1(C)c2ccccc2-c2c[c-]c(-c3nccc4ccccc34)cc21.[Ir].[Ir].[Ir].[Ir].[c-]1c(-c2ccccn2)sc2ccccc12.[c-]1ccccc1-c1nccc2ccccc12.[c-]1ccsc1-c1nccc2ccccc12. The topological polar surface area (TPSA) is 51.6 Å². The third kappa shape index (κ3) is 12.4. The fourth-order valence-corrected chi connectivity index (χ4v) is 10.9. The summed E-state index contributed by atoms with van der Waals surface area (Å²) in [6, 6.07) is 81.6. The summed E-state index contributed by atoms with van der Waals surface area (Å²) in [6.07, 6.45) is 7.40. The van der Waals surface area contributed by atoms with E-state index in [0.717, 1.165) is 43.7 Å². The molecule has 0 amide bonds. The van der Waals surface area contributed by atoms with Crippen molar-refractivity contribution in [1.82, 2.24) is 19.9 Å². The van der Waals surface area contributed by atoms with E-state index in [1.807, 2.05) is 121 Å². The van der Waals surface area contributed by atoms with Gasteiger partial charge in [0.1, 0.15) is 0 Å². The maximum Gasteiger partial charge on any atom is 0.0167 e. The van der Waals surface area contributed by atoms with Crippen molar-refractivity contribution in [2.45, 2.75) is 19.3 Å². The molecule has 0 unspecified atom stereocenters. The van der Waals surface area contributed by atoms with Crippen LogP contribution in [0.25, 0.3) is 97.2 Å². The van der Waals surface area contributed by atoms with Crippen LogP contribution in [-0.2, 0) is 85.8 Å². The second-order valence-electron chi connectivity index (χ2n) is 17.4. The molecule has 1 aliphatic rings. The van der Waals surface area contributed by atoms with Crippen LogP contribution in [0.5, 0.6) is 0 Å². The van der Waals surface area contributed by atoms with Crippen LogP contribution in [0.4, 0.5) is 0 Å². The van der Waals surface area contributed by atoms with Gasteiger partial charge < -0.3 is 19.9 Å². The molecule has 4 nitrogen and oxygen atoms in total. The number of benzene rings is 7. The van der Waals surface area contributed by atoms with Crippen LogP contribution in [0.1, 0.15) is 25.0 Å². The molecule has 0 bridgehead atoms. The summed E-state index contributed by atoms with van der Waals surface area (Å²) < 4.78 is 1.26. The van der Waals surface area contributed by atoms with E-state index in [4.69, 9.17) is 0 Å². The summed E-state index contributed by atoms with van der Waals surface area (Å²) >= 11 is 3.41. The molecule has 0 aliphatic heterocycles. The van der Waals surface area contributed by atoms with Crippen LogP contribution in [0.3, 0.4) is 0 Å². The van der Waals surface area contributed by atoms with Gasteiger partial charge in [-0.05, 0) is 94.2 Å². The number of thiophene rings is 2. The molecule has 0 atom stereocenters. The minimum absolute atomic E-state index is 0. The molecular formula is C65H44Ir4N4S2-4. The number of rotatable bonds is 4. The van der Waals surface area contributed by atoms with Gasteiger partial charge in [-0.1, -0.05) is 151 Å². The first kappa shape index (κ1) is 56.9. The Hall–Kier alpha value is -5.82. The molecule has 1 aliphatic carbocycles. The normalized spacial score (nSPS) is 11.3. The zero-order valence-electron chi connectivity index (χ0n) is 40.4. The molecule has 10 heteroatoms. The Morgan fingerprint density at radius 1 is 0.427 bits per heavy atom. The molecule has 0 spiro atoms. The minimum Gasteiger partial charge on any atom is -0.318 e. The van der Waals surface area contributed by atoms with Gasteiger partial charge in [0.25, 0.3) is 0 Å². The number of pyridine rings is 4. The van der Waals surface area contributed by atoms with Crippen molar-refractivity contribution >= 4 is 65.1 Å². The first-order valence-corrected chi connectivity index (χ1v) is 25.1. The summed E-state index contributed by atoms with van der Waals surface area (Å²) in [7, 11) is 0. The fraction of sp³-hybridized carbons (Fsp3) is 0.0462. The molecule has 7 aromatic carbocycles. The molecule has 376 valence electrons. The summed E-state index contributed by atoms with van der Waals surface area (Å²) in [6.45, 7) is 4.61. The first-order valence-electron chi connectivity index (χ1n) is 23.4. The van der Waals surface area contributed by atoms with Crippen LogP contribution in [0, 0.1) is 24.3 Å². The monoisotopic (exact) mass is 1720 g/mol. The van der Waals surface area contributed by atoms with Crippen LogP contribution in [-0.4, -0.2) is 19.9 Å². The van der Waals surface area contributed by atoms with Crippen molar-refractivity contribution in [2.24, 2.45) is 0 Å². The zero-order chi connectivity index (χ0) is 48.0. The van der Waals surface area contributed by atoms with Crippen LogP contribution in [0.15, 0.2) is 230 Å². The largest absolute Gasteiger partial charge is 0.318 e. The van der Waals surface area contributed by atoms with E-state index in [0.29, 0.717) is 0 Å². The quantitative estimate of drug-likeness (QED) is 0.165. The number of nitrogens with zero attached hydrogens (tertiary/aromatic N) is 4. The molecule has 6 aromatic heterocycles. The summed E-state index contributed by atoms with van der Waals surface area (Å²) in [4.78, 5) is 20.1. The van der Waals surface area contributed by atoms with Gasteiger partial charge >= 0.3 is 0 Å². The van der Waals surface area contributed by atoms with Crippen molar-refractivity contribution in [3.8, 4) is 54.8 Å². The van der Waals surface area contributed by atoms with E-state index in [1.165, 1.54) is 64.7 Å². The van der Waals surface area contributed by atoms with Crippen molar-refractivity contribution in [2.75, 3.05) is 0 Å². The standard InChI is InChI=1S/C24H18N.C15H10N.2C13H8NS.4Ir/c1-24(2)21-10-6-5-9-19(21)20-12-11-17(15-22(20)24)23-18-8-4-3-7-16(18)13-14-25-23;1-2-7-13(8-3-1)15-14-9-5-4-6-12(14)10-11-16-15;1-2-7-12-10(5-1)9-13(15-12)11-6-3-4-8-14-11;1-2-5-11-10(4-1)7-8-14-13(11)12-6-3-9-15-12;;;;/h3-10,12-15H,1-2H3;1-7,9-11H;1-8H;1-5,7-9H;;;;/q4*-1;;;;. The smallest absolute Gasteiger partial charge is 0.0167 e. The Kier molecular flexibility index (Phi) is 19.9. The average molecular weight is 1710 g/mol. The third-order valence-electron chi connectivity index (χ3n) is 12.7. The van der Waals surface area contributed by atoms with Gasteiger partial charge in [0.15, 0.2) is 0 Å². The fourth-order valence-electron chi connectivity index (χ4n) is 9.19. The van der Waals surface area contributed by atoms with E-state index >= 15 is 0 Å². The van der Waals surface area contributed by atoms with Gasteiger partial charge in [-0.15, -0.1) is 94.2 Å². The van der Waals surface area contributed by atoms with Gasteiger partial charge in [-0.2, -0.15) is 12.1 Å². The molecular weight excluding hydrogens is 1670 g/mol. The van der Waals surface area contributed by atoms with Crippen molar-refractivity contribution in [3.63, 3.8) is 0 Å². The van der Waals surface area contributed by atoms with E-state index < -0.39 is 0 Å². The van der Waals surface area contributed by atoms with Crippen molar-refractivity contribution in [1.29, 1.82) is 0 Å². The Balaban J connectivity index is 0.000000147. The molecule has 0 saturated heterocycles. The first-order chi connectivity index (χ1) is 35.0. The van der Waals surface area contributed by atoms with Gasteiger partial charge in [0.05, 0.1) is 0 Å². The van der Waals surface area contributed by atoms with Crippen LogP contribution >= 0.6 is 22.7 Å². The van der Waals surface area contributed by atoms with E-state index in [-0.39, 0.29) is 85.8 Å². The van der Waals surface area contributed by atoms with Crippen LogP contribution in [0.2, 0.25) is 0 Å². The molecule has 14 rings (SSSR count). The van der Waals surface area contributed by atoms with Gasteiger partial charge in [0, 0.05) is 111 Å². The number of aromatic nitrogens is 4. The van der Waals surface area contributed by atoms with Crippen LogP contribution < -0.4 is 0 Å². The molecule has 0 saturated carbocycles. The molecule has 75 heavy (non-hydrogen) atoms. The zero-order valence-corrected chi connectivity index (χ0v) is 51.6. The predicted molar refractivity (Wildman–Crippen MR) is 297 cm³/mol. The summed E-state index contributed by atoms with van der Waals surface area (Å²) in [5, 5.41) is 10.4. The van der Waals surface area contributed by atoms with Gasteiger partial charge in [0.2, 0.25) is 0 Å². The minimum atomic E-state index is 0. The predicted octanol–water partition coefficient (Wildman–Crippen LogP) is 17.2. The second kappa shape index (κ2) is 26.3. The Morgan fingerprint density at radius 2 is 1.00 bits per heavy atom. The van der Waals surface area contributed by atoms with Crippen molar-refractivity contribution < 1.29 is 80.4 Å². The molecule has 0 N–H and O–H groups in total. The third-order valence-corrected chi connectivity index (χ3v) is 14.6. The van der Waals surface area contributed by atoms with Gasteiger partial charge in [-0.3, -0.25) is 0 Å². The number of hydrogen-bond acceptors (Lipinski definition) is 6. The Bertz CT molecular complexity index is 3890. The second-order valence-corrected chi connectivity index (χ2v) is 19.4. The Labute approximate surface area is 500 Å². The van der Waals surface area contributed by atoms with Crippen molar-refractivity contribution in [3.05, 3.63) is 266 Å². The number of hydrogen-bond donors (Lipinski definition) is 0. The molecule has 4 radical (unpaired) electrons. The van der Waals surface area contributed by atoms with E-state index in [1.54, 1.807) is 22.7 Å². The van der Waals surface area contributed by atoms with E-state index in [2.05, 4.69) is 167 Å². The molecule has 0 fully saturated rings.